The highest BCUT2D eigenvalue weighted by Crippen LogP contribution is 2.37. The molecule has 0 unspecified atom stereocenters. The lowest BCUT2D eigenvalue weighted by Crippen LogP contribution is -2.19. The summed E-state index contributed by atoms with van der Waals surface area (Å²) in [4.78, 5) is 8.31. The lowest BCUT2D eigenvalue weighted by molar-refractivity contribution is -0.153. The van der Waals surface area contributed by atoms with Crippen LogP contribution in [0.2, 0.25) is 0 Å². The molecule has 3 N–H and O–H groups in total. The van der Waals surface area contributed by atoms with E-state index in [4.69, 9.17) is 15.2 Å². The third kappa shape index (κ3) is 4.00. The molecule has 0 amide bonds. The van der Waals surface area contributed by atoms with E-state index in [0.29, 0.717) is 27.9 Å². The van der Waals surface area contributed by atoms with Crippen molar-refractivity contribution in [2.75, 3.05) is 24.8 Å². The van der Waals surface area contributed by atoms with E-state index in [1.807, 2.05) is 0 Å². The van der Waals surface area contributed by atoms with Crippen LogP contribution in [0, 0.1) is 12.7 Å². The van der Waals surface area contributed by atoms with E-state index in [0.717, 1.165) is 12.1 Å². The first kappa shape index (κ1) is 19.5. The lowest BCUT2D eigenvalue weighted by atomic mass is 10.1. The average molecular weight is 396 g/mol. The van der Waals surface area contributed by atoms with Crippen molar-refractivity contribution in [3.05, 3.63) is 42.0 Å². The maximum atomic E-state index is 13.5. The smallest absolute Gasteiger partial charge is 0.422 e. The Bertz CT molecular complexity index is 1020. The standard InChI is InChI=1S/C18H16F4N4O2/c1-9-15-13(6-11(23)16(9)27-2)24-8-25-17(15)26-12-4-3-10(19)5-14(12)28-7-18(20,21)22/h3-6,8H,7,23H2,1-2H3,(H,24,25,26). The Hall–Kier alpha value is -3.30. The molecule has 0 aliphatic rings. The number of aromatic nitrogens is 2. The van der Waals surface area contributed by atoms with E-state index in [2.05, 4.69) is 15.3 Å². The van der Waals surface area contributed by atoms with Crippen molar-refractivity contribution in [1.29, 1.82) is 0 Å². The van der Waals surface area contributed by atoms with Gasteiger partial charge < -0.3 is 20.5 Å². The van der Waals surface area contributed by atoms with Gasteiger partial charge in [0.2, 0.25) is 0 Å². The molecule has 0 spiro atoms. The number of anilines is 3. The number of nitrogen functional groups attached to an aromatic ring is 1. The molecule has 0 bridgehead atoms. The summed E-state index contributed by atoms with van der Waals surface area (Å²) in [6.45, 7) is 0.191. The molecule has 1 aromatic heterocycles. The van der Waals surface area contributed by atoms with Crippen molar-refractivity contribution in [2.45, 2.75) is 13.1 Å². The minimum absolute atomic E-state index is 0.112. The van der Waals surface area contributed by atoms with Crippen LogP contribution in [0.5, 0.6) is 11.5 Å². The van der Waals surface area contributed by atoms with Crippen molar-refractivity contribution in [3.63, 3.8) is 0 Å². The van der Waals surface area contributed by atoms with Gasteiger partial charge in [0.15, 0.2) is 6.61 Å². The molecule has 0 aliphatic heterocycles. The molecule has 3 aromatic rings. The Morgan fingerprint density at radius 1 is 1.18 bits per heavy atom. The second-order valence-corrected chi connectivity index (χ2v) is 5.91. The van der Waals surface area contributed by atoms with E-state index in [1.165, 1.54) is 19.5 Å². The quantitative estimate of drug-likeness (QED) is 0.493. The molecule has 6 nitrogen and oxygen atoms in total. The van der Waals surface area contributed by atoms with Gasteiger partial charge in [0.05, 0.1) is 24.0 Å². The fourth-order valence-electron chi connectivity index (χ4n) is 2.79. The fourth-order valence-corrected chi connectivity index (χ4v) is 2.79. The van der Waals surface area contributed by atoms with Crippen LogP contribution in [-0.2, 0) is 0 Å². The third-order valence-electron chi connectivity index (χ3n) is 3.94. The minimum Gasteiger partial charge on any atom is -0.494 e. The van der Waals surface area contributed by atoms with E-state index in [-0.39, 0.29) is 17.3 Å². The fraction of sp³-hybridized carbons (Fsp3) is 0.222. The molecule has 0 aliphatic carbocycles. The van der Waals surface area contributed by atoms with Gasteiger partial charge in [0, 0.05) is 17.0 Å². The molecule has 2 aromatic carbocycles. The van der Waals surface area contributed by atoms with Crippen LogP contribution in [0.25, 0.3) is 10.9 Å². The van der Waals surface area contributed by atoms with E-state index in [9.17, 15) is 17.6 Å². The number of benzene rings is 2. The molecule has 148 valence electrons. The molecular formula is C18H16F4N4O2. The maximum Gasteiger partial charge on any atom is 0.422 e. The Balaban J connectivity index is 2.06. The zero-order valence-corrected chi connectivity index (χ0v) is 14.9. The van der Waals surface area contributed by atoms with Crippen LogP contribution >= 0.6 is 0 Å². The predicted molar refractivity (Wildman–Crippen MR) is 96.5 cm³/mol. The number of aryl methyl sites for hydroxylation is 1. The van der Waals surface area contributed by atoms with Gasteiger partial charge in [-0.1, -0.05) is 0 Å². The third-order valence-corrected chi connectivity index (χ3v) is 3.94. The minimum atomic E-state index is -4.56. The van der Waals surface area contributed by atoms with Gasteiger partial charge in [-0.15, -0.1) is 0 Å². The number of ether oxygens (including phenoxy) is 2. The number of fused-ring (bicyclic) bond motifs is 1. The zero-order valence-electron chi connectivity index (χ0n) is 14.9. The Morgan fingerprint density at radius 3 is 2.61 bits per heavy atom. The van der Waals surface area contributed by atoms with Gasteiger partial charge in [0.25, 0.3) is 0 Å². The van der Waals surface area contributed by atoms with Crippen molar-refractivity contribution >= 4 is 28.1 Å². The Labute approximate surface area is 157 Å². The number of rotatable bonds is 5. The van der Waals surface area contributed by atoms with E-state index < -0.39 is 18.6 Å². The second-order valence-electron chi connectivity index (χ2n) is 5.91. The lowest BCUT2D eigenvalue weighted by Gasteiger charge is -2.17. The maximum absolute atomic E-state index is 13.5. The predicted octanol–water partition coefficient (Wildman–Crippen LogP) is 4.35. The summed E-state index contributed by atoms with van der Waals surface area (Å²) in [5.41, 5.74) is 7.59. The first-order chi connectivity index (χ1) is 13.2. The SMILES string of the molecule is COc1c(N)cc2ncnc(Nc3ccc(F)cc3OCC(F)(F)F)c2c1C. The molecular weight excluding hydrogens is 380 g/mol. The zero-order chi connectivity index (χ0) is 20.5. The van der Waals surface area contributed by atoms with Crippen LogP contribution in [0.1, 0.15) is 5.56 Å². The summed E-state index contributed by atoms with van der Waals surface area (Å²) < 4.78 is 61.1. The highest BCUT2D eigenvalue weighted by atomic mass is 19.4. The first-order valence-electron chi connectivity index (χ1n) is 8.03. The van der Waals surface area contributed by atoms with Crippen LogP contribution in [0.15, 0.2) is 30.6 Å². The second kappa shape index (κ2) is 7.37. The highest BCUT2D eigenvalue weighted by molar-refractivity contribution is 5.97. The highest BCUT2D eigenvalue weighted by Gasteiger charge is 2.29. The molecule has 1 heterocycles. The van der Waals surface area contributed by atoms with Crippen molar-refractivity contribution < 1.29 is 27.0 Å². The Kier molecular flexibility index (Phi) is 5.12. The van der Waals surface area contributed by atoms with Crippen molar-refractivity contribution in [3.8, 4) is 11.5 Å². The summed E-state index contributed by atoms with van der Waals surface area (Å²) in [6.07, 6.45) is -3.29. The normalized spacial score (nSPS) is 11.5. The number of alkyl halides is 3. The number of nitrogens with two attached hydrogens (primary N) is 1. The number of methoxy groups -OCH3 is 1. The van der Waals surface area contributed by atoms with E-state index >= 15 is 0 Å². The molecule has 0 saturated carbocycles. The topological polar surface area (TPSA) is 82.3 Å². The van der Waals surface area contributed by atoms with Crippen LogP contribution in [0.3, 0.4) is 0 Å². The summed E-state index contributed by atoms with van der Waals surface area (Å²) in [6, 6.07) is 4.82. The molecule has 28 heavy (non-hydrogen) atoms. The van der Waals surface area contributed by atoms with Crippen molar-refractivity contribution in [1.82, 2.24) is 9.97 Å². The Morgan fingerprint density at radius 2 is 1.93 bits per heavy atom. The number of hydrogen-bond acceptors (Lipinski definition) is 6. The molecule has 0 saturated heterocycles. The molecule has 0 radical (unpaired) electrons. The monoisotopic (exact) mass is 396 g/mol. The summed E-state index contributed by atoms with van der Waals surface area (Å²) >= 11 is 0. The molecule has 10 heteroatoms. The number of nitrogens with one attached hydrogen (secondary N) is 1. The van der Waals surface area contributed by atoms with Crippen molar-refractivity contribution in [2.24, 2.45) is 0 Å². The largest absolute Gasteiger partial charge is 0.494 e. The number of halogens is 4. The van der Waals surface area contributed by atoms with Gasteiger partial charge in [-0.05, 0) is 25.1 Å². The van der Waals surface area contributed by atoms with Gasteiger partial charge in [-0.2, -0.15) is 13.2 Å². The molecule has 0 fully saturated rings. The first-order valence-corrected chi connectivity index (χ1v) is 8.03. The summed E-state index contributed by atoms with van der Waals surface area (Å²) in [5.74, 6) is -0.327. The molecule has 0 atom stereocenters. The van der Waals surface area contributed by atoms with E-state index in [1.54, 1.807) is 13.0 Å². The van der Waals surface area contributed by atoms with Gasteiger partial charge >= 0.3 is 6.18 Å². The number of nitrogens with zero attached hydrogens (tertiary/aromatic N) is 2. The van der Waals surface area contributed by atoms with Gasteiger partial charge in [-0.3, -0.25) is 0 Å². The summed E-state index contributed by atoms with van der Waals surface area (Å²) in [5, 5.41) is 3.44. The number of hydrogen-bond donors (Lipinski definition) is 2. The van der Waals surface area contributed by atoms with Crippen LogP contribution in [0.4, 0.5) is 34.8 Å². The van der Waals surface area contributed by atoms with Gasteiger partial charge in [0.1, 0.15) is 29.5 Å². The summed E-state index contributed by atoms with van der Waals surface area (Å²) in [7, 11) is 1.46. The molecule has 3 rings (SSSR count). The van der Waals surface area contributed by atoms with Crippen LogP contribution < -0.4 is 20.5 Å². The van der Waals surface area contributed by atoms with Crippen LogP contribution in [-0.4, -0.2) is 29.9 Å². The van der Waals surface area contributed by atoms with Gasteiger partial charge in [-0.25, -0.2) is 14.4 Å². The average Bonchev–Trinajstić information content (AvgIpc) is 2.61.